The van der Waals surface area contributed by atoms with Gasteiger partial charge in [-0.1, -0.05) is 12.2 Å². The van der Waals surface area contributed by atoms with Crippen LogP contribution in [0.1, 0.15) is 60.5 Å². The van der Waals surface area contributed by atoms with Crippen LogP contribution in [-0.4, -0.2) is 139 Å². The van der Waals surface area contributed by atoms with Crippen LogP contribution in [0.5, 0.6) is 5.75 Å². The van der Waals surface area contributed by atoms with Gasteiger partial charge in [0.1, 0.15) is 18.0 Å². The van der Waals surface area contributed by atoms with E-state index < -0.39 is 72.8 Å². The van der Waals surface area contributed by atoms with Gasteiger partial charge in [-0.25, -0.2) is 4.79 Å². The zero-order valence-electron chi connectivity index (χ0n) is 30.0. The molecule has 290 valence electrons. The second-order valence-corrected chi connectivity index (χ2v) is 13.7. The van der Waals surface area contributed by atoms with Crippen molar-refractivity contribution in [1.29, 1.82) is 0 Å². The van der Waals surface area contributed by atoms with Crippen molar-refractivity contribution in [3.63, 3.8) is 0 Å². The van der Waals surface area contributed by atoms with Crippen molar-refractivity contribution >= 4 is 23.7 Å². The number of carboxylic acid groups (broad SMARTS) is 1. The van der Waals surface area contributed by atoms with E-state index in [9.17, 15) is 39.6 Å². The molecule has 1 aromatic carbocycles. The van der Waals surface area contributed by atoms with E-state index in [0.29, 0.717) is 49.7 Å². The van der Waals surface area contributed by atoms with Crippen molar-refractivity contribution in [3.8, 4) is 5.75 Å². The van der Waals surface area contributed by atoms with Crippen molar-refractivity contribution in [2.24, 2.45) is 5.92 Å². The molecule has 4 heterocycles. The lowest BCUT2D eigenvalue weighted by atomic mass is 9.81. The molecule has 4 bridgehead atoms. The zero-order chi connectivity index (χ0) is 37.8. The van der Waals surface area contributed by atoms with Crippen LogP contribution in [0.4, 0.5) is 0 Å². The molecule has 16 heteroatoms. The minimum atomic E-state index is -2.04. The van der Waals surface area contributed by atoms with Crippen LogP contribution >= 0.6 is 0 Å². The minimum absolute atomic E-state index is 0.0430. The molecule has 2 fully saturated rings. The summed E-state index contributed by atoms with van der Waals surface area (Å²) in [5.74, 6) is -2.37. The fourth-order valence-corrected chi connectivity index (χ4v) is 6.64. The highest BCUT2D eigenvalue weighted by atomic mass is 16.6. The number of rotatable bonds is 4. The lowest BCUT2D eigenvalue weighted by Gasteiger charge is -2.47. The number of hydrogen-bond donors (Lipinski definition) is 7. The number of carbonyl (C=O) groups excluding carboxylic acids is 3. The van der Waals surface area contributed by atoms with Crippen LogP contribution in [0, 0.1) is 19.8 Å². The third-order valence-electron chi connectivity index (χ3n) is 9.38. The first kappa shape index (κ1) is 41.1. The average molecular weight is 736 g/mol. The predicted molar refractivity (Wildman–Crippen MR) is 185 cm³/mol. The van der Waals surface area contributed by atoms with Crippen molar-refractivity contribution in [3.05, 3.63) is 41.0 Å². The van der Waals surface area contributed by atoms with Crippen molar-refractivity contribution < 1.29 is 63.3 Å². The number of carboxylic acids is 1. The molecule has 0 aliphatic carbocycles. The lowest BCUT2D eigenvalue weighted by Crippen LogP contribution is -2.67. The maximum atomic E-state index is 13.1. The summed E-state index contributed by atoms with van der Waals surface area (Å²) in [5, 5.41) is 51.6. The molecule has 2 saturated heterocycles. The van der Waals surface area contributed by atoms with E-state index in [0.717, 1.165) is 12.8 Å². The first-order valence-electron chi connectivity index (χ1n) is 17.7. The number of benzene rings is 1. The number of fused-ring (bicyclic) bond motifs is 17. The van der Waals surface area contributed by atoms with E-state index in [2.05, 4.69) is 16.0 Å². The molecule has 0 saturated carbocycles. The molecule has 0 spiro atoms. The largest absolute Gasteiger partial charge is 0.493 e. The maximum Gasteiger partial charge on any atom is 0.336 e. The smallest absolute Gasteiger partial charge is 0.336 e. The molecule has 8 atom stereocenters. The molecule has 52 heavy (non-hydrogen) atoms. The second kappa shape index (κ2) is 19.4. The van der Waals surface area contributed by atoms with Crippen molar-refractivity contribution in [1.82, 2.24) is 16.0 Å². The number of aryl methyl sites for hydroxylation is 2. The van der Waals surface area contributed by atoms with E-state index in [1.807, 2.05) is 0 Å². The molecule has 4 aliphatic heterocycles. The Bertz CT molecular complexity index is 1390. The van der Waals surface area contributed by atoms with Crippen LogP contribution in [-0.2, 0) is 33.3 Å². The highest BCUT2D eigenvalue weighted by molar-refractivity contribution is 5.95. The average Bonchev–Trinajstić information content (AvgIpc) is 3.10. The topological polar surface area (TPSA) is 231 Å². The number of ether oxygens (including phenoxy) is 5. The van der Waals surface area contributed by atoms with Gasteiger partial charge in [-0.2, -0.15) is 0 Å². The monoisotopic (exact) mass is 735 g/mol. The Labute approximate surface area is 303 Å². The number of nitrogens with one attached hydrogen (secondary N) is 3. The molecule has 5 rings (SSSR count). The molecule has 16 nitrogen and oxygen atoms in total. The fraction of sp³-hybridized carbons (Fsp3) is 0.667. The minimum Gasteiger partial charge on any atom is -0.493 e. The van der Waals surface area contributed by atoms with E-state index in [-0.39, 0.29) is 43.6 Å². The first-order chi connectivity index (χ1) is 24.8. The molecule has 1 aromatic rings. The van der Waals surface area contributed by atoms with E-state index in [1.54, 1.807) is 32.1 Å². The summed E-state index contributed by atoms with van der Waals surface area (Å²) in [4.78, 5) is 50.7. The molecule has 0 aromatic heterocycles. The summed E-state index contributed by atoms with van der Waals surface area (Å²) in [6, 6.07) is 1.51. The summed E-state index contributed by atoms with van der Waals surface area (Å²) in [7, 11) is 0. The molecular weight excluding hydrogens is 682 g/mol. The van der Waals surface area contributed by atoms with Crippen molar-refractivity contribution in [2.45, 2.75) is 95.0 Å². The standard InChI is InChI=1S/C36H53N3O13/c1-21-14-25-15-22(2)31(21)51-13-7-12-50-20-26(39-34(45)24-8-6-11-48-18-24)19-49-10-5-4-9-36(35(46)47)16-27(41)29(38-23(3)40)32(52-36)30(43)28(42)17-37-33(25)44/h4-5,14-15,24,26-30,32,41-43H,6-13,16-20H2,1-3H3,(H,37,44)(H,38,40)(H,39,45)(H,46,47)/b5-4+/t24-,26+,27-,28+,29+,30+,32+,36+/m0/s1. The van der Waals surface area contributed by atoms with E-state index >= 15 is 0 Å². The Morgan fingerprint density at radius 3 is 2.27 bits per heavy atom. The van der Waals surface area contributed by atoms with Crippen LogP contribution in [0.3, 0.4) is 0 Å². The molecule has 0 radical (unpaired) electrons. The van der Waals surface area contributed by atoms with Gasteiger partial charge in [-0.3, -0.25) is 14.4 Å². The SMILES string of the molecule is CC(=O)N[C@H]1[C@H]2O[C@](C(=O)O)(C/C=C/COC[C@@H](NC(=O)[C@H]3CCCOC3)COCCCOc3c(C)cc(cc3C)C(=O)NC[C@@H](O)[C@H]2O)C[C@@H]1O. The Balaban J connectivity index is 1.56. The first-order valence-corrected chi connectivity index (χ1v) is 17.7. The molecule has 3 amide bonds. The van der Waals surface area contributed by atoms with Gasteiger partial charge < -0.3 is 60.1 Å². The summed E-state index contributed by atoms with van der Waals surface area (Å²) in [6.07, 6.45) is -2.13. The highest BCUT2D eigenvalue weighted by Gasteiger charge is 2.54. The van der Waals surface area contributed by atoms with Gasteiger partial charge in [-0.05, 0) is 49.9 Å². The molecule has 0 unspecified atom stereocenters. The van der Waals surface area contributed by atoms with Gasteiger partial charge in [0, 0.05) is 51.5 Å². The zero-order valence-corrected chi connectivity index (χ0v) is 30.0. The Morgan fingerprint density at radius 2 is 1.60 bits per heavy atom. The Hall–Kier alpha value is -3.64. The van der Waals surface area contributed by atoms with Gasteiger partial charge in [0.25, 0.3) is 5.91 Å². The Kier molecular flexibility index (Phi) is 15.4. The van der Waals surface area contributed by atoms with Gasteiger partial charge in [0.05, 0.1) is 63.2 Å². The Morgan fingerprint density at radius 1 is 0.904 bits per heavy atom. The van der Waals surface area contributed by atoms with Crippen molar-refractivity contribution in [2.75, 3.05) is 52.8 Å². The third-order valence-corrected chi connectivity index (χ3v) is 9.38. The van der Waals surface area contributed by atoms with Crippen LogP contribution in [0.15, 0.2) is 24.3 Å². The molecular formula is C36H53N3O13. The number of aliphatic hydroxyl groups is 3. The number of aliphatic hydroxyl groups excluding tert-OH is 3. The summed E-state index contributed by atoms with van der Waals surface area (Å²) >= 11 is 0. The number of amides is 3. The van der Waals surface area contributed by atoms with Crippen LogP contribution in [0.25, 0.3) is 0 Å². The summed E-state index contributed by atoms with van der Waals surface area (Å²) < 4.78 is 29.1. The van der Waals surface area contributed by atoms with Gasteiger partial charge in [0.2, 0.25) is 11.8 Å². The van der Waals surface area contributed by atoms with E-state index in [4.69, 9.17) is 23.7 Å². The predicted octanol–water partition coefficient (Wildman–Crippen LogP) is -0.0937. The number of hydrogen-bond acceptors (Lipinski definition) is 12. The summed E-state index contributed by atoms with van der Waals surface area (Å²) in [5.41, 5.74) is -0.364. The van der Waals surface area contributed by atoms with Crippen LogP contribution in [0.2, 0.25) is 0 Å². The van der Waals surface area contributed by atoms with Crippen LogP contribution < -0.4 is 20.7 Å². The lowest BCUT2D eigenvalue weighted by molar-refractivity contribution is -0.226. The highest BCUT2D eigenvalue weighted by Crippen LogP contribution is 2.35. The molecule has 4 aliphatic rings. The van der Waals surface area contributed by atoms with Gasteiger partial charge in [-0.15, -0.1) is 0 Å². The normalized spacial score (nSPS) is 32.2. The molecule has 7 N–H and O–H groups in total. The van der Waals surface area contributed by atoms with E-state index in [1.165, 1.54) is 13.0 Å². The van der Waals surface area contributed by atoms with Gasteiger partial charge >= 0.3 is 5.97 Å². The quantitative estimate of drug-likeness (QED) is 0.201. The number of carbonyl (C=O) groups is 4. The fourth-order valence-electron chi connectivity index (χ4n) is 6.64. The third kappa shape index (κ3) is 11.2. The summed E-state index contributed by atoms with van der Waals surface area (Å²) in [6.45, 7) is 6.29. The second-order valence-electron chi connectivity index (χ2n) is 13.7. The number of aliphatic carboxylic acids is 1. The maximum absolute atomic E-state index is 13.1. The van der Waals surface area contributed by atoms with Gasteiger partial charge in [0.15, 0.2) is 5.60 Å².